The second kappa shape index (κ2) is 14.6. The van der Waals surface area contributed by atoms with Crippen LogP contribution >= 0.6 is 0 Å². The van der Waals surface area contributed by atoms with Crippen molar-refractivity contribution in [2.24, 2.45) is 0 Å². The average Bonchev–Trinajstić information content (AvgIpc) is 3.02. The van der Waals surface area contributed by atoms with Crippen LogP contribution < -0.4 is 19.5 Å². The van der Waals surface area contributed by atoms with Crippen molar-refractivity contribution in [1.29, 1.82) is 0 Å². The standard InChI is InChI=1S/C34H36N2O5/c1-39-29-17-14-27(15-18-29)24-36(32(37)23-25-10-6-4-7-11-25)33(28-12-8-5-9-13-28)34(38)35-21-20-26-16-19-30(40-2)31(22-26)41-3/h4-19,22,33H,20-21,23-24H2,1-3H3,(H,35,38)/t33-/m0/s1. The lowest BCUT2D eigenvalue weighted by Crippen LogP contribution is -2.44. The van der Waals surface area contributed by atoms with Crippen molar-refractivity contribution >= 4 is 11.8 Å². The first-order valence-corrected chi connectivity index (χ1v) is 13.5. The molecule has 0 heterocycles. The minimum absolute atomic E-state index is 0.143. The number of rotatable bonds is 13. The van der Waals surface area contributed by atoms with Gasteiger partial charge in [0.25, 0.3) is 0 Å². The molecule has 1 atom stereocenters. The van der Waals surface area contributed by atoms with Crippen LogP contribution in [0.25, 0.3) is 0 Å². The molecule has 4 rings (SSSR count). The minimum atomic E-state index is -0.820. The summed E-state index contributed by atoms with van der Waals surface area (Å²) >= 11 is 0. The lowest BCUT2D eigenvalue weighted by atomic mass is 10.0. The van der Waals surface area contributed by atoms with E-state index in [0.29, 0.717) is 24.5 Å². The SMILES string of the molecule is COc1ccc(CN(C(=O)Cc2ccccc2)[C@H](C(=O)NCCc2ccc(OC)c(OC)c2)c2ccccc2)cc1. The molecule has 1 N–H and O–H groups in total. The normalized spacial score (nSPS) is 11.3. The fraction of sp³-hybridized carbons (Fsp3) is 0.235. The Bertz CT molecular complexity index is 1410. The molecule has 0 fully saturated rings. The van der Waals surface area contributed by atoms with Crippen LogP contribution in [0.1, 0.15) is 28.3 Å². The number of amides is 2. The second-order valence-electron chi connectivity index (χ2n) is 9.58. The smallest absolute Gasteiger partial charge is 0.247 e. The van der Waals surface area contributed by atoms with Gasteiger partial charge in [-0.25, -0.2) is 0 Å². The largest absolute Gasteiger partial charge is 0.497 e. The molecule has 212 valence electrons. The minimum Gasteiger partial charge on any atom is -0.497 e. The molecule has 7 nitrogen and oxygen atoms in total. The summed E-state index contributed by atoms with van der Waals surface area (Å²) in [5, 5.41) is 3.07. The van der Waals surface area contributed by atoms with E-state index in [1.54, 1.807) is 26.2 Å². The van der Waals surface area contributed by atoms with Crippen LogP contribution in [0, 0.1) is 0 Å². The van der Waals surface area contributed by atoms with E-state index in [9.17, 15) is 9.59 Å². The van der Waals surface area contributed by atoms with E-state index in [1.165, 1.54) is 0 Å². The van der Waals surface area contributed by atoms with Crippen molar-refractivity contribution < 1.29 is 23.8 Å². The van der Waals surface area contributed by atoms with Crippen LogP contribution in [0.5, 0.6) is 17.2 Å². The molecule has 2 amide bonds. The third kappa shape index (κ3) is 7.88. The van der Waals surface area contributed by atoms with E-state index in [4.69, 9.17) is 14.2 Å². The first kappa shape index (κ1) is 29.2. The highest BCUT2D eigenvalue weighted by Crippen LogP contribution is 2.28. The topological polar surface area (TPSA) is 77.1 Å². The molecule has 4 aromatic rings. The maximum absolute atomic E-state index is 13.9. The van der Waals surface area contributed by atoms with Crippen molar-refractivity contribution in [3.05, 3.63) is 125 Å². The van der Waals surface area contributed by atoms with Crippen LogP contribution in [0.2, 0.25) is 0 Å². The lowest BCUT2D eigenvalue weighted by Gasteiger charge is -2.32. The monoisotopic (exact) mass is 552 g/mol. The highest BCUT2D eigenvalue weighted by atomic mass is 16.5. The van der Waals surface area contributed by atoms with Gasteiger partial charge >= 0.3 is 0 Å². The van der Waals surface area contributed by atoms with Gasteiger partial charge in [0.2, 0.25) is 11.8 Å². The zero-order chi connectivity index (χ0) is 29.0. The van der Waals surface area contributed by atoms with Gasteiger partial charge in [-0.15, -0.1) is 0 Å². The van der Waals surface area contributed by atoms with Crippen LogP contribution in [0.3, 0.4) is 0 Å². The van der Waals surface area contributed by atoms with Crippen molar-refractivity contribution in [3.8, 4) is 17.2 Å². The second-order valence-corrected chi connectivity index (χ2v) is 9.58. The van der Waals surface area contributed by atoms with E-state index < -0.39 is 6.04 Å². The number of hydrogen-bond acceptors (Lipinski definition) is 5. The van der Waals surface area contributed by atoms with E-state index in [2.05, 4.69) is 5.32 Å². The number of methoxy groups -OCH3 is 3. The zero-order valence-corrected chi connectivity index (χ0v) is 23.7. The van der Waals surface area contributed by atoms with Crippen LogP contribution in [-0.2, 0) is 29.0 Å². The molecule has 0 aliphatic carbocycles. The summed E-state index contributed by atoms with van der Waals surface area (Å²) in [6, 6.07) is 31.4. The van der Waals surface area contributed by atoms with Gasteiger partial charge in [0.1, 0.15) is 11.8 Å². The Morgan fingerprint density at radius 2 is 1.34 bits per heavy atom. The molecule has 0 unspecified atom stereocenters. The molecule has 0 saturated heterocycles. The van der Waals surface area contributed by atoms with Gasteiger partial charge in [0.15, 0.2) is 11.5 Å². The van der Waals surface area contributed by atoms with Crippen molar-refractivity contribution in [1.82, 2.24) is 10.2 Å². The molecule has 0 bridgehead atoms. The number of nitrogens with one attached hydrogen (secondary N) is 1. The Morgan fingerprint density at radius 1 is 0.707 bits per heavy atom. The number of hydrogen-bond donors (Lipinski definition) is 1. The summed E-state index contributed by atoms with van der Waals surface area (Å²) in [5.41, 5.74) is 3.52. The van der Waals surface area contributed by atoms with Crippen LogP contribution in [0.15, 0.2) is 103 Å². The molecular weight excluding hydrogens is 516 g/mol. The predicted molar refractivity (Wildman–Crippen MR) is 159 cm³/mol. The van der Waals surface area contributed by atoms with Crippen LogP contribution in [-0.4, -0.2) is 44.6 Å². The predicted octanol–water partition coefficient (Wildman–Crippen LogP) is 5.38. The molecule has 7 heteroatoms. The fourth-order valence-corrected chi connectivity index (χ4v) is 4.69. The van der Waals surface area contributed by atoms with Gasteiger partial charge in [-0.2, -0.15) is 0 Å². The first-order valence-electron chi connectivity index (χ1n) is 13.5. The number of carbonyl (C=O) groups is 2. The number of ether oxygens (including phenoxy) is 3. The molecule has 0 saturated carbocycles. The Kier molecular flexibility index (Phi) is 10.4. The molecule has 0 aliphatic heterocycles. The van der Waals surface area contributed by atoms with E-state index in [0.717, 1.165) is 28.0 Å². The molecule has 4 aromatic carbocycles. The van der Waals surface area contributed by atoms with Gasteiger partial charge in [0.05, 0.1) is 27.8 Å². The van der Waals surface area contributed by atoms with Gasteiger partial charge in [0, 0.05) is 13.1 Å². The van der Waals surface area contributed by atoms with Gasteiger partial charge in [-0.1, -0.05) is 78.9 Å². The molecule has 41 heavy (non-hydrogen) atoms. The number of nitrogens with zero attached hydrogens (tertiary/aromatic N) is 1. The summed E-state index contributed by atoms with van der Waals surface area (Å²) in [5.74, 6) is 1.62. The number of carbonyl (C=O) groups excluding carboxylic acids is 2. The van der Waals surface area contributed by atoms with Crippen molar-refractivity contribution in [2.45, 2.75) is 25.4 Å². The lowest BCUT2D eigenvalue weighted by molar-refractivity contribution is -0.141. The molecule has 0 radical (unpaired) electrons. The van der Waals surface area contributed by atoms with Crippen molar-refractivity contribution in [3.63, 3.8) is 0 Å². The van der Waals surface area contributed by atoms with E-state index in [-0.39, 0.29) is 24.8 Å². The molecular formula is C34H36N2O5. The average molecular weight is 553 g/mol. The Balaban J connectivity index is 1.60. The Labute approximate surface area is 241 Å². The summed E-state index contributed by atoms with van der Waals surface area (Å²) in [7, 11) is 4.80. The van der Waals surface area contributed by atoms with Crippen molar-refractivity contribution in [2.75, 3.05) is 27.9 Å². The summed E-state index contributed by atoms with van der Waals surface area (Å²) in [6.45, 7) is 0.652. The van der Waals surface area contributed by atoms with Gasteiger partial charge in [-0.3, -0.25) is 9.59 Å². The first-order chi connectivity index (χ1) is 20.0. The summed E-state index contributed by atoms with van der Waals surface area (Å²) in [4.78, 5) is 29.4. The zero-order valence-electron chi connectivity index (χ0n) is 23.7. The maximum atomic E-state index is 13.9. The number of benzene rings is 4. The van der Waals surface area contributed by atoms with E-state index in [1.807, 2.05) is 103 Å². The summed E-state index contributed by atoms with van der Waals surface area (Å²) in [6.07, 6.45) is 0.767. The summed E-state index contributed by atoms with van der Waals surface area (Å²) < 4.78 is 16.0. The van der Waals surface area contributed by atoms with Crippen LogP contribution in [0.4, 0.5) is 0 Å². The highest BCUT2D eigenvalue weighted by molar-refractivity contribution is 5.89. The third-order valence-corrected chi connectivity index (χ3v) is 6.87. The Hall–Kier alpha value is -4.78. The van der Waals surface area contributed by atoms with Gasteiger partial charge in [-0.05, 0) is 52.9 Å². The molecule has 0 spiro atoms. The van der Waals surface area contributed by atoms with Gasteiger partial charge < -0.3 is 24.4 Å². The highest BCUT2D eigenvalue weighted by Gasteiger charge is 2.31. The Morgan fingerprint density at radius 3 is 1.98 bits per heavy atom. The third-order valence-electron chi connectivity index (χ3n) is 6.87. The quantitative estimate of drug-likeness (QED) is 0.241. The molecule has 0 aliphatic rings. The van der Waals surface area contributed by atoms with E-state index >= 15 is 0 Å². The molecule has 0 aromatic heterocycles. The fourth-order valence-electron chi connectivity index (χ4n) is 4.69. The maximum Gasteiger partial charge on any atom is 0.247 e.